The molecular weight excluding hydrogens is 330 g/mol. The van der Waals surface area contributed by atoms with Crippen LogP contribution in [0.4, 0.5) is 0 Å². The summed E-state index contributed by atoms with van der Waals surface area (Å²) in [6.45, 7) is 0. The highest BCUT2D eigenvalue weighted by molar-refractivity contribution is 5.86. The van der Waals surface area contributed by atoms with Crippen LogP contribution in [0, 0.1) is 0 Å². The van der Waals surface area contributed by atoms with Crippen molar-refractivity contribution in [3.05, 3.63) is 65.9 Å². The first-order valence-electron chi connectivity index (χ1n) is 8.41. The molecule has 0 fully saturated rings. The number of aromatic amines is 1. The van der Waals surface area contributed by atoms with E-state index in [4.69, 9.17) is 5.73 Å². The number of nitrogens with one attached hydrogen (secondary N) is 2. The number of carbonyl (C=O) groups excluding carboxylic acids is 2. The molecule has 6 heteroatoms. The Bertz CT molecular complexity index is 902. The quantitative estimate of drug-likeness (QED) is 0.486. The molecule has 1 unspecified atom stereocenters. The molecule has 6 nitrogen and oxygen atoms in total. The Morgan fingerprint density at radius 3 is 2.62 bits per heavy atom. The van der Waals surface area contributed by atoms with E-state index in [2.05, 4.69) is 10.3 Å². The van der Waals surface area contributed by atoms with Crippen LogP contribution in [-0.4, -0.2) is 34.4 Å². The molecule has 5 N–H and O–H groups in total. The third-order valence-electron chi connectivity index (χ3n) is 4.34. The zero-order chi connectivity index (χ0) is 18.5. The molecule has 3 rings (SSSR count). The van der Waals surface area contributed by atoms with Gasteiger partial charge in [-0.3, -0.25) is 4.79 Å². The molecule has 0 radical (unpaired) electrons. The van der Waals surface area contributed by atoms with Crippen LogP contribution in [0.3, 0.4) is 0 Å². The number of rotatable bonds is 7. The van der Waals surface area contributed by atoms with Crippen LogP contribution in [0.2, 0.25) is 0 Å². The van der Waals surface area contributed by atoms with Crippen molar-refractivity contribution in [3.63, 3.8) is 0 Å². The summed E-state index contributed by atoms with van der Waals surface area (Å²) in [6.07, 6.45) is 3.30. The van der Waals surface area contributed by atoms with Gasteiger partial charge < -0.3 is 25.9 Å². The lowest BCUT2D eigenvalue weighted by molar-refractivity contribution is -0.125. The SMILES string of the molecule is NC(Cc1ccc(O)cc1)C(=O)N[C@@H](C=O)Cc1c[nH]c2ccccc12. The molecule has 0 aliphatic heterocycles. The van der Waals surface area contributed by atoms with E-state index in [0.717, 1.165) is 28.3 Å². The van der Waals surface area contributed by atoms with Gasteiger partial charge >= 0.3 is 0 Å². The third-order valence-corrected chi connectivity index (χ3v) is 4.34. The molecule has 0 saturated carbocycles. The van der Waals surface area contributed by atoms with Crippen molar-refractivity contribution < 1.29 is 14.7 Å². The largest absolute Gasteiger partial charge is 0.508 e. The molecule has 2 aromatic carbocycles. The highest BCUT2D eigenvalue weighted by Gasteiger charge is 2.19. The summed E-state index contributed by atoms with van der Waals surface area (Å²) >= 11 is 0. The number of para-hydroxylation sites is 1. The van der Waals surface area contributed by atoms with E-state index < -0.39 is 12.1 Å². The summed E-state index contributed by atoms with van der Waals surface area (Å²) in [6, 6.07) is 12.9. The summed E-state index contributed by atoms with van der Waals surface area (Å²) in [5.41, 5.74) is 8.75. The fraction of sp³-hybridized carbons (Fsp3) is 0.200. The first-order chi connectivity index (χ1) is 12.6. The van der Waals surface area contributed by atoms with Gasteiger partial charge in [-0.05, 0) is 35.7 Å². The first kappa shape index (κ1) is 17.7. The summed E-state index contributed by atoms with van der Waals surface area (Å²) in [5.74, 6) is -0.221. The topological polar surface area (TPSA) is 108 Å². The monoisotopic (exact) mass is 351 g/mol. The van der Waals surface area contributed by atoms with E-state index in [9.17, 15) is 14.7 Å². The minimum absolute atomic E-state index is 0.159. The Morgan fingerprint density at radius 1 is 1.15 bits per heavy atom. The maximum atomic E-state index is 12.3. The number of phenolic OH excluding ortho intramolecular Hbond substituents is 1. The number of hydrogen-bond acceptors (Lipinski definition) is 4. The number of H-pyrrole nitrogens is 1. The zero-order valence-electron chi connectivity index (χ0n) is 14.2. The number of aromatic hydroxyl groups is 1. The minimum Gasteiger partial charge on any atom is -0.508 e. The van der Waals surface area contributed by atoms with Crippen molar-refractivity contribution >= 4 is 23.1 Å². The molecule has 0 aliphatic carbocycles. The van der Waals surface area contributed by atoms with Crippen LogP contribution >= 0.6 is 0 Å². The molecular formula is C20H21N3O3. The van der Waals surface area contributed by atoms with Crippen LogP contribution in [0.5, 0.6) is 5.75 Å². The Hall–Kier alpha value is -3.12. The average molecular weight is 351 g/mol. The van der Waals surface area contributed by atoms with E-state index in [0.29, 0.717) is 12.8 Å². The van der Waals surface area contributed by atoms with Crippen LogP contribution < -0.4 is 11.1 Å². The van der Waals surface area contributed by atoms with Crippen LogP contribution in [0.25, 0.3) is 10.9 Å². The summed E-state index contributed by atoms with van der Waals surface area (Å²) in [4.78, 5) is 26.9. The zero-order valence-corrected chi connectivity index (χ0v) is 14.2. The molecule has 26 heavy (non-hydrogen) atoms. The lowest BCUT2D eigenvalue weighted by Gasteiger charge is -2.17. The maximum absolute atomic E-state index is 12.3. The second-order valence-corrected chi connectivity index (χ2v) is 6.29. The maximum Gasteiger partial charge on any atom is 0.237 e. The lowest BCUT2D eigenvalue weighted by atomic mass is 10.0. The second kappa shape index (κ2) is 7.84. The standard InChI is InChI=1S/C20H21N3O3/c21-18(9-13-5-7-16(25)8-6-13)20(26)23-15(12-24)10-14-11-22-19-4-2-1-3-17(14)19/h1-8,11-12,15,18,22,25H,9-10,21H2,(H,23,26)/t15-,18?/m1/s1. The Balaban J connectivity index is 1.62. The Kier molecular flexibility index (Phi) is 5.34. The second-order valence-electron chi connectivity index (χ2n) is 6.29. The van der Waals surface area contributed by atoms with Gasteiger partial charge in [0.2, 0.25) is 5.91 Å². The van der Waals surface area contributed by atoms with Crippen molar-refractivity contribution in [3.8, 4) is 5.75 Å². The minimum atomic E-state index is -0.773. The summed E-state index contributed by atoms with van der Waals surface area (Å²) in [5, 5.41) is 13.0. The van der Waals surface area contributed by atoms with Crippen LogP contribution in [0.15, 0.2) is 54.7 Å². The van der Waals surface area contributed by atoms with E-state index in [1.54, 1.807) is 24.3 Å². The predicted molar refractivity (Wildman–Crippen MR) is 99.8 cm³/mol. The predicted octanol–water partition coefficient (Wildman–Crippen LogP) is 1.67. The highest BCUT2D eigenvalue weighted by Crippen LogP contribution is 2.19. The van der Waals surface area contributed by atoms with E-state index in [-0.39, 0.29) is 11.7 Å². The lowest BCUT2D eigenvalue weighted by Crippen LogP contribution is -2.47. The van der Waals surface area contributed by atoms with Gasteiger partial charge in [-0.15, -0.1) is 0 Å². The number of carbonyl (C=O) groups is 2. The molecule has 0 aliphatic rings. The number of hydrogen-bond donors (Lipinski definition) is 4. The highest BCUT2D eigenvalue weighted by atomic mass is 16.3. The van der Waals surface area contributed by atoms with E-state index in [1.165, 1.54) is 0 Å². The molecule has 2 atom stereocenters. The average Bonchev–Trinajstić information content (AvgIpc) is 3.06. The number of benzene rings is 2. The molecule has 1 amide bonds. The molecule has 0 saturated heterocycles. The number of amides is 1. The van der Waals surface area contributed by atoms with E-state index >= 15 is 0 Å². The van der Waals surface area contributed by atoms with Crippen molar-refractivity contribution in [2.45, 2.75) is 24.9 Å². The third kappa shape index (κ3) is 4.10. The Labute approximate surface area is 151 Å². The van der Waals surface area contributed by atoms with E-state index in [1.807, 2.05) is 30.5 Å². The molecule has 0 bridgehead atoms. The summed E-state index contributed by atoms with van der Waals surface area (Å²) < 4.78 is 0. The van der Waals surface area contributed by atoms with Gasteiger partial charge in [-0.1, -0.05) is 30.3 Å². The number of phenols is 1. The van der Waals surface area contributed by atoms with Gasteiger partial charge in [0.25, 0.3) is 0 Å². The fourth-order valence-corrected chi connectivity index (χ4v) is 2.94. The molecule has 0 spiro atoms. The van der Waals surface area contributed by atoms with Crippen molar-refractivity contribution in [2.75, 3.05) is 0 Å². The number of fused-ring (bicyclic) bond motifs is 1. The van der Waals surface area contributed by atoms with Gasteiger partial charge in [0.1, 0.15) is 12.0 Å². The number of aldehydes is 1. The van der Waals surface area contributed by atoms with Crippen molar-refractivity contribution in [1.29, 1.82) is 0 Å². The fourth-order valence-electron chi connectivity index (χ4n) is 2.94. The molecule has 1 heterocycles. The van der Waals surface area contributed by atoms with Gasteiger partial charge in [-0.25, -0.2) is 0 Å². The molecule has 3 aromatic rings. The first-order valence-corrected chi connectivity index (χ1v) is 8.41. The van der Waals surface area contributed by atoms with Gasteiger partial charge in [-0.2, -0.15) is 0 Å². The van der Waals surface area contributed by atoms with Crippen LogP contribution in [0.1, 0.15) is 11.1 Å². The van der Waals surface area contributed by atoms with Crippen molar-refractivity contribution in [1.82, 2.24) is 10.3 Å². The van der Waals surface area contributed by atoms with Crippen molar-refractivity contribution in [2.24, 2.45) is 5.73 Å². The number of nitrogens with two attached hydrogens (primary N) is 1. The van der Waals surface area contributed by atoms with Gasteiger partial charge in [0.15, 0.2) is 0 Å². The number of aromatic nitrogens is 1. The molecule has 1 aromatic heterocycles. The van der Waals surface area contributed by atoms with Gasteiger partial charge in [0.05, 0.1) is 12.1 Å². The molecule has 134 valence electrons. The summed E-state index contributed by atoms with van der Waals surface area (Å²) in [7, 11) is 0. The van der Waals surface area contributed by atoms with Gasteiger partial charge in [0, 0.05) is 23.5 Å². The smallest absolute Gasteiger partial charge is 0.237 e. The Morgan fingerprint density at radius 2 is 1.88 bits per heavy atom. The van der Waals surface area contributed by atoms with Crippen LogP contribution in [-0.2, 0) is 22.4 Å². The normalized spacial score (nSPS) is 13.3.